The number of rotatable bonds is 5. The van der Waals surface area contributed by atoms with E-state index in [2.05, 4.69) is 9.47 Å². The van der Waals surface area contributed by atoms with Crippen molar-refractivity contribution in [3.63, 3.8) is 0 Å². The topological polar surface area (TPSA) is 239 Å². The molecule has 2 aromatic carbocycles. The second kappa shape index (κ2) is 14.8. The Morgan fingerprint density at radius 3 is 1.32 bits per heavy atom. The molecule has 5 N–H and O–H groups in total. The molecule has 2 aliphatic heterocycles. The molecule has 2 aliphatic rings. The van der Waals surface area contributed by atoms with Crippen LogP contribution >= 0.6 is 0 Å². The van der Waals surface area contributed by atoms with Crippen molar-refractivity contribution < 1.29 is 68.6 Å². The molecule has 40 heavy (non-hydrogen) atoms. The van der Waals surface area contributed by atoms with Gasteiger partial charge in [-0.25, -0.2) is 24.0 Å². The fourth-order valence-corrected chi connectivity index (χ4v) is 2.46. The van der Waals surface area contributed by atoms with E-state index in [4.69, 9.17) is 25.5 Å². The Hall–Kier alpha value is -4.95. The summed E-state index contributed by atoms with van der Waals surface area (Å²) in [5, 5.41) is 42.4. The number of hydrogen-bond acceptors (Lipinski definition) is 11. The number of benzene rings is 2. The smallest absolute Gasteiger partial charge is 0.346 e. The number of carboxylic acids is 3. The first-order valence-corrected chi connectivity index (χ1v) is 11.3. The maximum atomic E-state index is 11.0. The SMILES string of the molecule is CC(C)(CO)CO.O=C(O)c1ccc(C(=O)O)cc1.O=C(O)c1ccc2c(c1)C(=O)OC2=O.O=C1CCC(=O)O1. The Labute approximate surface area is 226 Å². The molecule has 0 amide bonds. The Kier molecular flexibility index (Phi) is 12.3. The molecule has 1 fully saturated rings. The highest BCUT2D eigenvalue weighted by molar-refractivity contribution is 6.15. The van der Waals surface area contributed by atoms with Gasteiger partial charge in [-0.15, -0.1) is 0 Å². The van der Waals surface area contributed by atoms with Gasteiger partial charge >= 0.3 is 41.8 Å². The monoisotopic (exact) mass is 562 g/mol. The summed E-state index contributed by atoms with van der Waals surface area (Å²) in [6, 6.07) is 8.67. The van der Waals surface area contributed by atoms with E-state index in [1.165, 1.54) is 36.4 Å². The van der Waals surface area contributed by atoms with E-state index >= 15 is 0 Å². The van der Waals surface area contributed by atoms with E-state index in [0.29, 0.717) is 0 Å². The van der Waals surface area contributed by atoms with Crippen LogP contribution in [0.1, 0.15) is 78.5 Å². The van der Waals surface area contributed by atoms with Gasteiger partial charge in [-0.2, -0.15) is 0 Å². The van der Waals surface area contributed by atoms with Gasteiger partial charge in [-0.05, 0) is 42.5 Å². The number of carbonyl (C=O) groups excluding carboxylic acids is 4. The molecule has 2 heterocycles. The number of cyclic esters (lactones) is 4. The minimum Gasteiger partial charge on any atom is -0.478 e. The fourth-order valence-electron chi connectivity index (χ4n) is 2.46. The molecular weight excluding hydrogens is 536 g/mol. The minimum absolute atomic E-state index is 0.00917. The first-order chi connectivity index (χ1) is 18.6. The van der Waals surface area contributed by atoms with Crippen molar-refractivity contribution in [2.24, 2.45) is 5.41 Å². The molecule has 0 saturated carbocycles. The Morgan fingerprint density at radius 1 is 0.650 bits per heavy atom. The van der Waals surface area contributed by atoms with Crippen LogP contribution in [0.5, 0.6) is 0 Å². The molecule has 0 atom stereocenters. The molecule has 0 radical (unpaired) electrons. The molecule has 14 nitrogen and oxygen atoms in total. The van der Waals surface area contributed by atoms with Crippen LogP contribution in [-0.2, 0) is 19.1 Å². The van der Waals surface area contributed by atoms with Crippen LogP contribution in [0.2, 0.25) is 0 Å². The van der Waals surface area contributed by atoms with Gasteiger partial charge in [0.1, 0.15) is 0 Å². The van der Waals surface area contributed by atoms with Crippen LogP contribution in [0.4, 0.5) is 0 Å². The largest absolute Gasteiger partial charge is 0.478 e. The molecule has 2 aromatic rings. The summed E-state index contributed by atoms with van der Waals surface area (Å²) in [5.41, 5.74) is -0.0645. The van der Waals surface area contributed by atoms with Crippen LogP contribution in [0, 0.1) is 5.41 Å². The predicted molar refractivity (Wildman–Crippen MR) is 132 cm³/mol. The second-order valence-corrected chi connectivity index (χ2v) is 8.76. The fraction of sp³-hybridized carbons (Fsp3) is 0.269. The number of hydrogen-bond donors (Lipinski definition) is 5. The lowest BCUT2D eigenvalue weighted by Gasteiger charge is -2.16. The van der Waals surface area contributed by atoms with Crippen LogP contribution < -0.4 is 0 Å². The van der Waals surface area contributed by atoms with Crippen molar-refractivity contribution in [1.29, 1.82) is 0 Å². The van der Waals surface area contributed by atoms with E-state index in [9.17, 15) is 33.6 Å². The van der Waals surface area contributed by atoms with E-state index in [0.717, 1.165) is 6.07 Å². The van der Waals surface area contributed by atoms with Crippen LogP contribution in [0.15, 0.2) is 42.5 Å². The average molecular weight is 562 g/mol. The van der Waals surface area contributed by atoms with Crippen LogP contribution in [-0.4, -0.2) is 80.5 Å². The number of fused-ring (bicyclic) bond motifs is 1. The summed E-state index contributed by atoms with van der Waals surface area (Å²) in [6.45, 7) is 3.69. The number of carboxylic acid groups (broad SMARTS) is 3. The second-order valence-electron chi connectivity index (χ2n) is 8.76. The summed E-state index contributed by atoms with van der Waals surface area (Å²) in [4.78, 5) is 73.2. The van der Waals surface area contributed by atoms with Crippen molar-refractivity contribution in [3.8, 4) is 0 Å². The lowest BCUT2D eigenvalue weighted by atomic mass is 9.97. The summed E-state index contributed by atoms with van der Waals surface area (Å²) in [7, 11) is 0. The number of aliphatic hydroxyl groups is 2. The van der Waals surface area contributed by atoms with E-state index in [1.807, 2.05) is 0 Å². The Morgan fingerprint density at radius 2 is 1.02 bits per heavy atom. The Balaban J connectivity index is 0.000000280. The number of aromatic carboxylic acids is 3. The third kappa shape index (κ3) is 10.4. The molecule has 214 valence electrons. The molecule has 1 saturated heterocycles. The first kappa shape index (κ1) is 33.1. The highest BCUT2D eigenvalue weighted by atomic mass is 16.6. The van der Waals surface area contributed by atoms with E-state index < -0.39 is 41.8 Å². The predicted octanol–water partition coefficient (Wildman–Crippen LogP) is 1.63. The highest BCUT2D eigenvalue weighted by Gasteiger charge is 2.30. The van der Waals surface area contributed by atoms with Crippen molar-refractivity contribution >= 4 is 41.8 Å². The Bertz CT molecular complexity index is 1240. The minimum atomic E-state index is -1.15. The van der Waals surface area contributed by atoms with Gasteiger partial charge in [0.15, 0.2) is 0 Å². The summed E-state index contributed by atoms with van der Waals surface area (Å²) in [6.07, 6.45) is 0.525. The highest BCUT2D eigenvalue weighted by Crippen LogP contribution is 2.21. The summed E-state index contributed by atoms with van der Waals surface area (Å²) >= 11 is 0. The number of ether oxygens (including phenoxy) is 2. The lowest BCUT2D eigenvalue weighted by molar-refractivity contribution is -0.152. The van der Waals surface area contributed by atoms with Crippen molar-refractivity contribution in [1.82, 2.24) is 0 Å². The molecule has 0 spiro atoms. The number of aliphatic hydroxyl groups excluding tert-OH is 2. The zero-order valence-corrected chi connectivity index (χ0v) is 21.3. The number of carbonyl (C=O) groups is 7. The van der Waals surface area contributed by atoms with Crippen molar-refractivity contribution in [2.45, 2.75) is 26.7 Å². The van der Waals surface area contributed by atoms with Gasteiger partial charge in [-0.3, -0.25) is 9.59 Å². The molecule has 0 aliphatic carbocycles. The molecule has 4 rings (SSSR count). The summed E-state index contributed by atoms with van der Waals surface area (Å²) < 4.78 is 8.38. The quantitative estimate of drug-likeness (QED) is 0.257. The zero-order valence-electron chi connectivity index (χ0n) is 21.3. The molecular formula is C26H26O14. The number of esters is 4. The van der Waals surface area contributed by atoms with Crippen molar-refractivity contribution in [2.75, 3.05) is 13.2 Å². The third-order valence-corrected chi connectivity index (χ3v) is 4.89. The molecule has 0 unspecified atom stereocenters. The zero-order chi connectivity index (χ0) is 30.6. The van der Waals surface area contributed by atoms with E-state index in [-0.39, 0.29) is 59.3 Å². The van der Waals surface area contributed by atoms with Gasteiger partial charge in [0.2, 0.25) is 0 Å². The maximum absolute atomic E-state index is 11.0. The van der Waals surface area contributed by atoms with Gasteiger partial charge in [0, 0.05) is 5.41 Å². The average Bonchev–Trinajstić information content (AvgIpc) is 3.44. The standard InChI is InChI=1S/C9H4O5.C8H6O4.C5H12O2.C4H4O3/c10-7(11)4-1-2-5-6(3-4)9(13)14-8(5)12;9-7(10)5-1-2-6(4-3-5)8(11)12;1-5(2,3-6)4-7;5-3-1-2-4(6)7-3/h1-3H,(H,10,11);1-4H,(H,9,10)(H,11,12);6-7H,3-4H2,1-2H3;1-2H2. The summed E-state index contributed by atoms with van der Waals surface area (Å²) in [5.74, 6) is -5.61. The maximum Gasteiger partial charge on any atom is 0.346 e. The van der Waals surface area contributed by atoms with Crippen molar-refractivity contribution in [3.05, 3.63) is 70.3 Å². The first-order valence-electron chi connectivity index (χ1n) is 11.3. The molecule has 0 bridgehead atoms. The lowest BCUT2D eigenvalue weighted by Crippen LogP contribution is -2.20. The molecule has 14 heteroatoms. The van der Waals surface area contributed by atoms with Crippen LogP contribution in [0.3, 0.4) is 0 Å². The third-order valence-electron chi connectivity index (χ3n) is 4.89. The van der Waals surface area contributed by atoms with E-state index in [1.54, 1.807) is 13.8 Å². The van der Waals surface area contributed by atoms with Crippen LogP contribution in [0.25, 0.3) is 0 Å². The molecule has 0 aromatic heterocycles. The van der Waals surface area contributed by atoms with Gasteiger partial charge in [0.25, 0.3) is 0 Å². The normalized spacial score (nSPS) is 13.2. The van der Waals surface area contributed by atoms with Gasteiger partial charge in [-0.1, -0.05) is 13.8 Å². The van der Waals surface area contributed by atoms with Gasteiger partial charge in [0.05, 0.1) is 53.9 Å². The van der Waals surface area contributed by atoms with Gasteiger partial charge < -0.3 is 35.0 Å².